The van der Waals surface area contributed by atoms with Crippen molar-refractivity contribution in [1.29, 1.82) is 0 Å². The summed E-state index contributed by atoms with van der Waals surface area (Å²) in [4.78, 5) is -0.662. The van der Waals surface area contributed by atoms with E-state index in [1.807, 2.05) is 95.5 Å². The highest BCUT2D eigenvalue weighted by atomic mass is 127. The summed E-state index contributed by atoms with van der Waals surface area (Å²) in [6.07, 6.45) is 15.7. The van der Waals surface area contributed by atoms with E-state index >= 15 is 8.42 Å². The van der Waals surface area contributed by atoms with Gasteiger partial charge in [-0.15, -0.1) is 5.10 Å². The lowest BCUT2D eigenvalue weighted by Gasteiger charge is -2.40. The van der Waals surface area contributed by atoms with Gasteiger partial charge in [-0.05, 0) is 81.7 Å². The molecule has 0 amide bonds. The van der Waals surface area contributed by atoms with Crippen molar-refractivity contribution >= 4 is 50.5 Å². The summed E-state index contributed by atoms with van der Waals surface area (Å²) in [5.41, 5.74) is -1.12. The molecule has 12 nitrogen and oxygen atoms in total. The number of hydrogen-bond donors (Lipinski definition) is 0. The SMILES string of the molecule is COc1ccc(Cn2nnnc2-c2c(I)ccc(S(=O)(=O)CC[Si](C)(C)C)c2S(=O)(=O)N(CC2(OC)C=CC=CC2)CC2(OC)C=CC=CC2)cc1. The average molecular weight is 880 g/mol. The lowest BCUT2D eigenvalue weighted by atomic mass is 9.92. The zero-order valence-corrected chi connectivity index (χ0v) is 35.1. The van der Waals surface area contributed by atoms with Gasteiger partial charge in [-0.1, -0.05) is 80.4 Å². The Balaban J connectivity index is 1.76. The quantitative estimate of drug-likeness (QED) is 0.126. The highest BCUT2D eigenvalue weighted by Gasteiger charge is 2.44. The maximum absolute atomic E-state index is 15.7. The fourth-order valence-corrected chi connectivity index (χ4v) is 13.9. The summed E-state index contributed by atoms with van der Waals surface area (Å²) in [6, 6.07) is 10.8. The first kappa shape index (κ1) is 40.2. The Bertz CT molecular complexity index is 2050. The topological polar surface area (TPSA) is 143 Å². The molecule has 2 aliphatic carbocycles. The van der Waals surface area contributed by atoms with Crippen LogP contribution in [0.1, 0.15) is 18.4 Å². The highest BCUT2D eigenvalue weighted by molar-refractivity contribution is 14.1. The monoisotopic (exact) mass is 879 g/mol. The van der Waals surface area contributed by atoms with Crippen molar-refractivity contribution in [2.75, 3.05) is 40.2 Å². The van der Waals surface area contributed by atoms with Gasteiger partial charge in [0.15, 0.2) is 15.7 Å². The van der Waals surface area contributed by atoms with Crippen LogP contribution < -0.4 is 4.74 Å². The van der Waals surface area contributed by atoms with Crippen LogP contribution in [0.4, 0.5) is 0 Å². The normalized spacial score (nSPS) is 20.5. The van der Waals surface area contributed by atoms with Crippen LogP contribution in [0.25, 0.3) is 11.4 Å². The van der Waals surface area contributed by atoms with E-state index in [4.69, 9.17) is 14.2 Å². The second-order valence-electron chi connectivity index (χ2n) is 14.2. The fourth-order valence-electron chi connectivity index (χ4n) is 6.10. The van der Waals surface area contributed by atoms with E-state index in [0.29, 0.717) is 28.2 Å². The first-order valence-corrected chi connectivity index (χ1v) is 24.7. The van der Waals surface area contributed by atoms with Gasteiger partial charge in [0.1, 0.15) is 21.8 Å². The van der Waals surface area contributed by atoms with Gasteiger partial charge in [0.25, 0.3) is 0 Å². The molecule has 16 heteroatoms. The molecular formula is C36H46IN5O7S2Si. The highest BCUT2D eigenvalue weighted by Crippen LogP contribution is 2.40. The summed E-state index contributed by atoms with van der Waals surface area (Å²) < 4.78 is 80.8. The van der Waals surface area contributed by atoms with Crippen molar-refractivity contribution in [3.63, 3.8) is 0 Å². The van der Waals surface area contributed by atoms with Crippen LogP contribution in [0.2, 0.25) is 25.7 Å². The molecule has 0 N–H and O–H groups in total. The second kappa shape index (κ2) is 16.2. The van der Waals surface area contributed by atoms with E-state index in [-0.39, 0.29) is 46.6 Å². The van der Waals surface area contributed by atoms with Gasteiger partial charge in [0, 0.05) is 39.0 Å². The molecule has 0 radical (unpaired) electrons. The molecule has 2 aliphatic rings. The number of halogens is 1. The molecule has 2 atom stereocenters. The van der Waals surface area contributed by atoms with Crippen molar-refractivity contribution in [2.24, 2.45) is 0 Å². The van der Waals surface area contributed by atoms with Gasteiger partial charge in [-0.3, -0.25) is 0 Å². The molecule has 3 aromatic rings. The minimum Gasteiger partial charge on any atom is -0.497 e. The molecule has 2 aromatic carbocycles. The number of aromatic nitrogens is 4. The first-order chi connectivity index (χ1) is 24.6. The standard InChI is InChI=1S/C36H46IN5O7S2Si/c1-47-29-15-13-28(14-16-29)25-42-34(38-39-40-42)32-30(37)17-18-31(50(43,44)23-24-52(4,5)6)33(32)51(45,46)41(26-35(48-2)19-9-7-10-20-35)27-36(49-3)21-11-8-12-22-36/h7-19,21H,20,22-27H2,1-6H3. The van der Waals surface area contributed by atoms with Crippen molar-refractivity contribution in [2.45, 2.75) is 66.1 Å². The molecule has 0 spiro atoms. The molecule has 1 aromatic heterocycles. The Morgan fingerprint density at radius 2 is 1.46 bits per heavy atom. The average Bonchev–Trinajstić information content (AvgIpc) is 3.58. The Morgan fingerprint density at radius 1 is 0.865 bits per heavy atom. The lowest BCUT2D eigenvalue weighted by Crippen LogP contribution is -2.52. The number of tetrazole rings is 1. The van der Waals surface area contributed by atoms with Crippen molar-refractivity contribution in [1.82, 2.24) is 24.5 Å². The number of methoxy groups -OCH3 is 3. The number of allylic oxidation sites excluding steroid dienone is 4. The zero-order valence-electron chi connectivity index (χ0n) is 30.3. The molecule has 1 heterocycles. The van der Waals surface area contributed by atoms with Gasteiger partial charge in [-0.2, -0.15) is 4.31 Å². The van der Waals surface area contributed by atoms with Crippen LogP contribution >= 0.6 is 22.6 Å². The molecule has 2 unspecified atom stereocenters. The lowest BCUT2D eigenvalue weighted by molar-refractivity contribution is -0.0120. The van der Waals surface area contributed by atoms with E-state index in [9.17, 15) is 8.42 Å². The van der Waals surface area contributed by atoms with E-state index < -0.39 is 39.1 Å². The van der Waals surface area contributed by atoms with Crippen LogP contribution in [0.5, 0.6) is 5.75 Å². The molecule has 0 bridgehead atoms. The summed E-state index contributed by atoms with van der Waals surface area (Å²) >= 11 is 2.03. The Hall–Kier alpha value is -3.00. The molecular weight excluding hydrogens is 834 g/mol. The number of sulfonamides is 1. The predicted octanol–water partition coefficient (Wildman–Crippen LogP) is 5.91. The van der Waals surface area contributed by atoms with Crippen LogP contribution in [-0.4, -0.2) is 101 Å². The zero-order chi connectivity index (χ0) is 37.8. The van der Waals surface area contributed by atoms with Gasteiger partial charge >= 0.3 is 0 Å². The minimum absolute atomic E-state index is 0.106. The van der Waals surface area contributed by atoms with Crippen molar-refractivity contribution in [3.05, 3.63) is 94.1 Å². The fraction of sp³-hybridized carbons (Fsp3) is 0.417. The van der Waals surface area contributed by atoms with Gasteiger partial charge in [-0.25, -0.2) is 21.5 Å². The molecule has 5 rings (SSSR count). The van der Waals surface area contributed by atoms with Crippen LogP contribution in [0.3, 0.4) is 0 Å². The summed E-state index contributed by atoms with van der Waals surface area (Å²) in [5, 5.41) is 12.5. The van der Waals surface area contributed by atoms with Crippen molar-refractivity contribution < 1.29 is 31.0 Å². The van der Waals surface area contributed by atoms with E-state index in [2.05, 4.69) is 35.2 Å². The maximum Gasteiger partial charge on any atom is 0.245 e. The van der Waals surface area contributed by atoms with Gasteiger partial charge in [0.05, 0.1) is 29.9 Å². The predicted molar refractivity (Wildman–Crippen MR) is 212 cm³/mol. The third-order valence-corrected chi connectivity index (χ3v) is 16.1. The maximum atomic E-state index is 15.7. The number of sulfone groups is 1. The van der Waals surface area contributed by atoms with Gasteiger partial charge in [0.2, 0.25) is 10.0 Å². The molecule has 0 saturated carbocycles. The number of benzene rings is 2. The molecule has 52 heavy (non-hydrogen) atoms. The number of hydrogen-bond acceptors (Lipinski definition) is 10. The summed E-state index contributed by atoms with van der Waals surface area (Å²) in [7, 11) is -6.01. The molecule has 0 aliphatic heterocycles. The largest absolute Gasteiger partial charge is 0.497 e. The summed E-state index contributed by atoms with van der Waals surface area (Å²) in [5.74, 6) is 0.590. The van der Waals surface area contributed by atoms with Crippen LogP contribution in [0, 0.1) is 3.57 Å². The van der Waals surface area contributed by atoms with E-state index in [1.54, 1.807) is 27.4 Å². The number of nitrogens with zero attached hydrogens (tertiary/aromatic N) is 5. The van der Waals surface area contributed by atoms with E-state index in [1.165, 1.54) is 15.1 Å². The number of ether oxygens (including phenoxy) is 3. The Labute approximate surface area is 321 Å². The minimum atomic E-state index is -4.68. The summed E-state index contributed by atoms with van der Waals surface area (Å²) in [6.45, 7) is 6.20. The molecule has 0 saturated heterocycles. The number of rotatable bonds is 16. The first-order valence-electron chi connectivity index (χ1n) is 16.8. The van der Waals surface area contributed by atoms with Crippen molar-refractivity contribution in [3.8, 4) is 17.1 Å². The smallest absolute Gasteiger partial charge is 0.245 e. The van der Waals surface area contributed by atoms with E-state index in [0.717, 1.165) is 5.56 Å². The van der Waals surface area contributed by atoms with Crippen LogP contribution in [-0.2, 0) is 35.9 Å². The van der Waals surface area contributed by atoms with Gasteiger partial charge < -0.3 is 14.2 Å². The Kier molecular flexibility index (Phi) is 12.5. The Morgan fingerprint density at radius 3 is 1.96 bits per heavy atom. The van der Waals surface area contributed by atoms with Crippen LogP contribution in [0.15, 0.2) is 94.8 Å². The molecule has 280 valence electrons. The molecule has 0 fully saturated rings. The second-order valence-corrected chi connectivity index (χ2v) is 24.9. The third-order valence-electron chi connectivity index (χ3n) is 9.29. The third kappa shape index (κ3) is 9.02.